The van der Waals surface area contributed by atoms with Crippen LogP contribution in [0.5, 0.6) is 5.75 Å². The van der Waals surface area contributed by atoms with Crippen LogP contribution in [-0.2, 0) is 6.42 Å². The fourth-order valence-electron chi connectivity index (χ4n) is 1.89. The molecule has 0 radical (unpaired) electrons. The lowest BCUT2D eigenvalue weighted by Gasteiger charge is -2.13. The van der Waals surface area contributed by atoms with Gasteiger partial charge in [-0.25, -0.2) is 4.98 Å². The van der Waals surface area contributed by atoms with Crippen molar-refractivity contribution in [1.82, 2.24) is 9.97 Å². The molecule has 3 nitrogen and oxygen atoms in total. The third kappa shape index (κ3) is 2.80. The predicted molar refractivity (Wildman–Crippen MR) is 80.5 cm³/mol. The highest BCUT2D eigenvalue weighted by Crippen LogP contribution is 2.33. The van der Waals surface area contributed by atoms with Crippen LogP contribution in [0.4, 0.5) is 0 Å². The Morgan fingerprint density at radius 1 is 1.42 bits per heavy atom. The number of methoxy groups -OCH3 is 1. The van der Waals surface area contributed by atoms with E-state index in [2.05, 4.69) is 9.97 Å². The molecule has 1 N–H and O–H groups in total. The molecular formula is C14H15ClN2OS. The minimum Gasteiger partial charge on any atom is -0.496 e. The van der Waals surface area contributed by atoms with Gasteiger partial charge >= 0.3 is 0 Å². The fourth-order valence-corrected chi connectivity index (χ4v) is 2.28. The number of aromatic nitrogens is 2. The summed E-state index contributed by atoms with van der Waals surface area (Å²) >= 11 is 11.4. The summed E-state index contributed by atoms with van der Waals surface area (Å²) in [7, 11) is 1.64. The number of ether oxygens (including phenoxy) is 1. The van der Waals surface area contributed by atoms with Crippen molar-refractivity contribution in [1.29, 1.82) is 0 Å². The average molecular weight is 295 g/mol. The molecule has 0 saturated heterocycles. The van der Waals surface area contributed by atoms with Crippen molar-refractivity contribution in [2.75, 3.05) is 7.11 Å². The molecule has 2 rings (SSSR count). The maximum Gasteiger partial charge on any atom is 0.133 e. The summed E-state index contributed by atoms with van der Waals surface area (Å²) in [6, 6.07) is 5.52. The van der Waals surface area contributed by atoms with Crippen molar-refractivity contribution >= 4 is 23.8 Å². The summed E-state index contributed by atoms with van der Waals surface area (Å²) in [5, 5.41) is 0.657. The van der Waals surface area contributed by atoms with E-state index in [4.69, 9.17) is 28.6 Å². The summed E-state index contributed by atoms with van der Waals surface area (Å²) in [6.07, 6.45) is 0.791. The van der Waals surface area contributed by atoms with Gasteiger partial charge in [0.05, 0.1) is 12.8 Å². The lowest BCUT2D eigenvalue weighted by Crippen LogP contribution is -2.00. The van der Waals surface area contributed by atoms with E-state index in [1.165, 1.54) is 0 Å². The molecule has 0 amide bonds. The molecule has 0 aliphatic rings. The molecule has 1 aromatic heterocycles. The second kappa shape index (κ2) is 5.72. The number of hydrogen-bond donors (Lipinski definition) is 1. The fraction of sp³-hybridized carbons (Fsp3) is 0.286. The van der Waals surface area contributed by atoms with Crippen molar-refractivity contribution in [2.24, 2.45) is 0 Å². The zero-order chi connectivity index (χ0) is 14.0. The van der Waals surface area contributed by atoms with Crippen molar-refractivity contribution in [3.05, 3.63) is 39.3 Å². The van der Waals surface area contributed by atoms with Crippen LogP contribution < -0.4 is 4.74 Å². The van der Waals surface area contributed by atoms with E-state index in [0.717, 1.165) is 34.8 Å². The van der Waals surface area contributed by atoms with Crippen molar-refractivity contribution in [2.45, 2.75) is 20.3 Å². The number of hydrogen-bond acceptors (Lipinski definition) is 3. The molecule has 5 heteroatoms. The molecule has 0 bridgehead atoms. The lowest BCUT2D eigenvalue weighted by atomic mass is 10.1. The normalized spacial score (nSPS) is 10.5. The Hall–Kier alpha value is -1.39. The summed E-state index contributed by atoms with van der Waals surface area (Å²) in [4.78, 5) is 7.65. The SMILES string of the molecule is CCc1nc(=S)c(C)c(-c2cc(Cl)ccc2OC)[nH]1. The van der Waals surface area contributed by atoms with Crippen LogP contribution in [0.1, 0.15) is 18.3 Å². The van der Waals surface area contributed by atoms with Gasteiger partial charge in [-0.2, -0.15) is 0 Å². The van der Waals surface area contributed by atoms with Gasteiger partial charge in [0, 0.05) is 22.6 Å². The molecule has 0 atom stereocenters. The lowest BCUT2D eigenvalue weighted by molar-refractivity contribution is 0.416. The Balaban J connectivity index is 2.74. The highest BCUT2D eigenvalue weighted by atomic mass is 35.5. The summed E-state index contributed by atoms with van der Waals surface area (Å²) in [6.45, 7) is 3.98. The number of benzene rings is 1. The molecular weight excluding hydrogens is 280 g/mol. The summed E-state index contributed by atoms with van der Waals surface area (Å²) in [5.74, 6) is 1.61. The van der Waals surface area contributed by atoms with E-state index in [9.17, 15) is 0 Å². The number of rotatable bonds is 3. The van der Waals surface area contributed by atoms with Gasteiger partial charge in [0.1, 0.15) is 16.2 Å². The van der Waals surface area contributed by atoms with Crippen LogP contribution in [0.25, 0.3) is 11.3 Å². The number of H-pyrrole nitrogens is 1. The molecule has 100 valence electrons. The third-order valence-corrected chi connectivity index (χ3v) is 3.60. The quantitative estimate of drug-likeness (QED) is 0.856. The second-order valence-corrected chi connectivity index (χ2v) is 5.01. The van der Waals surface area contributed by atoms with E-state index in [0.29, 0.717) is 9.66 Å². The van der Waals surface area contributed by atoms with E-state index in [-0.39, 0.29) is 0 Å². The number of aromatic amines is 1. The van der Waals surface area contributed by atoms with E-state index in [1.807, 2.05) is 26.0 Å². The molecule has 0 spiro atoms. The third-order valence-electron chi connectivity index (χ3n) is 2.97. The van der Waals surface area contributed by atoms with Crippen molar-refractivity contribution in [3.8, 4) is 17.0 Å². The number of halogens is 1. The van der Waals surface area contributed by atoms with Gasteiger partial charge in [-0.05, 0) is 25.1 Å². The molecule has 2 aromatic rings. The smallest absolute Gasteiger partial charge is 0.133 e. The minimum atomic E-state index is 0.604. The molecule has 1 heterocycles. The maximum atomic E-state index is 6.08. The van der Waals surface area contributed by atoms with Crippen LogP contribution >= 0.6 is 23.8 Å². The molecule has 0 fully saturated rings. The average Bonchev–Trinajstić information content (AvgIpc) is 2.41. The largest absolute Gasteiger partial charge is 0.496 e. The summed E-state index contributed by atoms with van der Waals surface area (Å²) < 4.78 is 5.99. The van der Waals surface area contributed by atoms with Crippen LogP contribution in [0.3, 0.4) is 0 Å². The Bertz CT molecular complexity index is 667. The van der Waals surface area contributed by atoms with Gasteiger partial charge in [0.2, 0.25) is 0 Å². The van der Waals surface area contributed by atoms with E-state index in [1.54, 1.807) is 13.2 Å². The molecule has 0 saturated carbocycles. The summed E-state index contributed by atoms with van der Waals surface area (Å²) in [5.41, 5.74) is 2.74. The topological polar surface area (TPSA) is 37.9 Å². The first-order valence-corrected chi connectivity index (χ1v) is 6.79. The van der Waals surface area contributed by atoms with Crippen molar-refractivity contribution < 1.29 is 4.74 Å². The Labute approximate surface area is 122 Å². The standard InChI is InChI=1S/C14H15ClN2OS/c1-4-12-16-13(8(2)14(19)17-12)10-7-9(15)5-6-11(10)18-3/h5-7H,4H2,1-3H3,(H,16,17,19). The number of nitrogens with one attached hydrogen (secondary N) is 1. The first-order chi connectivity index (χ1) is 9.06. The van der Waals surface area contributed by atoms with Crippen LogP contribution in [0.15, 0.2) is 18.2 Å². The first kappa shape index (κ1) is 14.0. The minimum absolute atomic E-state index is 0.604. The maximum absolute atomic E-state index is 6.08. The van der Waals surface area contributed by atoms with Gasteiger partial charge in [0.25, 0.3) is 0 Å². The Morgan fingerprint density at radius 3 is 2.79 bits per heavy atom. The van der Waals surface area contributed by atoms with Crippen molar-refractivity contribution in [3.63, 3.8) is 0 Å². The zero-order valence-corrected chi connectivity index (χ0v) is 12.7. The van der Waals surface area contributed by atoms with Crippen LogP contribution in [0.2, 0.25) is 5.02 Å². The molecule has 1 aromatic carbocycles. The van der Waals surface area contributed by atoms with Crippen LogP contribution in [0, 0.1) is 11.6 Å². The van der Waals surface area contributed by atoms with Gasteiger partial charge in [-0.1, -0.05) is 30.7 Å². The van der Waals surface area contributed by atoms with Gasteiger partial charge in [-0.15, -0.1) is 0 Å². The van der Waals surface area contributed by atoms with Gasteiger partial charge in [0.15, 0.2) is 0 Å². The predicted octanol–water partition coefficient (Wildman–Crippen LogP) is 4.34. The Kier molecular flexibility index (Phi) is 4.22. The monoisotopic (exact) mass is 294 g/mol. The molecule has 19 heavy (non-hydrogen) atoms. The molecule has 0 aliphatic carbocycles. The Morgan fingerprint density at radius 2 is 2.16 bits per heavy atom. The van der Waals surface area contributed by atoms with Gasteiger partial charge in [-0.3, -0.25) is 0 Å². The van der Waals surface area contributed by atoms with E-state index >= 15 is 0 Å². The number of aryl methyl sites for hydroxylation is 1. The van der Waals surface area contributed by atoms with Gasteiger partial charge < -0.3 is 9.72 Å². The van der Waals surface area contributed by atoms with E-state index < -0.39 is 0 Å². The highest BCUT2D eigenvalue weighted by molar-refractivity contribution is 7.71. The number of nitrogens with zero attached hydrogens (tertiary/aromatic N) is 1. The first-order valence-electron chi connectivity index (χ1n) is 6.00. The second-order valence-electron chi connectivity index (χ2n) is 4.19. The highest BCUT2D eigenvalue weighted by Gasteiger charge is 2.12. The van der Waals surface area contributed by atoms with Crippen LogP contribution in [-0.4, -0.2) is 17.1 Å². The molecule has 0 aliphatic heterocycles. The zero-order valence-electron chi connectivity index (χ0n) is 11.1. The molecule has 0 unspecified atom stereocenters.